The Hall–Kier alpha value is -0.420. The fourth-order valence-corrected chi connectivity index (χ4v) is 8.80. The lowest BCUT2D eigenvalue weighted by Crippen LogP contribution is -2.53. The molecule has 0 saturated heterocycles. The van der Waals surface area contributed by atoms with Crippen molar-refractivity contribution in [3.05, 3.63) is 11.6 Å². The van der Waals surface area contributed by atoms with E-state index in [0.717, 1.165) is 57.3 Å². The standard InChI is InChI=1S/C27H46O4/c1-24(2,29)13-6-14-27(5,31-30)23-10-9-21-20-8-7-18-17-19(28)11-15-25(18,3)22(20)12-16-26(21,23)4/h7,19-23,28-30H,6,8-17H2,1-5H3/t19?,20-,21-,22-,23-,25-,26-,27+/m0/s1. The molecule has 0 spiro atoms. The summed E-state index contributed by atoms with van der Waals surface area (Å²) in [4.78, 5) is 5.28. The Morgan fingerprint density at radius 1 is 1.03 bits per heavy atom. The molecule has 0 bridgehead atoms. The third-order valence-electron chi connectivity index (χ3n) is 10.5. The molecule has 3 fully saturated rings. The molecule has 8 atom stereocenters. The van der Waals surface area contributed by atoms with Gasteiger partial charge in [-0.2, -0.15) is 0 Å². The summed E-state index contributed by atoms with van der Waals surface area (Å²) in [5.74, 6) is 2.48. The van der Waals surface area contributed by atoms with Crippen LogP contribution in [0.2, 0.25) is 0 Å². The molecule has 0 amide bonds. The van der Waals surface area contributed by atoms with Crippen LogP contribution in [0.25, 0.3) is 0 Å². The van der Waals surface area contributed by atoms with Crippen LogP contribution in [-0.2, 0) is 4.89 Å². The summed E-state index contributed by atoms with van der Waals surface area (Å²) in [6.45, 7) is 10.8. The topological polar surface area (TPSA) is 69.9 Å². The van der Waals surface area contributed by atoms with Crippen LogP contribution in [0, 0.1) is 34.5 Å². The van der Waals surface area contributed by atoms with Gasteiger partial charge in [0.15, 0.2) is 0 Å². The number of allylic oxidation sites excluding steroid dienone is 1. The maximum Gasteiger partial charge on any atom is 0.104 e. The third kappa shape index (κ3) is 4.05. The summed E-state index contributed by atoms with van der Waals surface area (Å²) in [6, 6.07) is 0. The van der Waals surface area contributed by atoms with Gasteiger partial charge in [0.2, 0.25) is 0 Å². The van der Waals surface area contributed by atoms with Gasteiger partial charge >= 0.3 is 0 Å². The van der Waals surface area contributed by atoms with Crippen molar-refractivity contribution in [3.8, 4) is 0 Å². The number of hydrogen-bond donors (Lipinski definition) is 3. The molecule has 0 aromatic rings. The van der Waals surface area contributed by atoms with Crippen LogP contribution in [0.15, 0.2) is 11.6 Å². The SMILES string of the molecule is CC(C)(O)CCC[C@@](C)(OO)[C@H]1CC[C@H]2[C@@H]3CC=C4CC(O)CC[C@]4(C)[C@H]3CC[C@@]21C. The van der Waals surface area contributed by atoms with Gasteiger partial charge in [-0.1, -0.05) is 25.5 Å². The third-order valence-corrected chi connectivity index (χ3v) is 10.5. The van der Waals surface area contributed by atoms with Crippen LogP contribution in [0.1, 0.15) is 105 Å². The zero-order valence-electron chi connectivity index (χ0n) is 20.5. The molecular formula is C27H46O4. The summed E-state index contributed by atoms with van der Waals surface area (Å²) in [5, 5.41) is 30.4. The van der Waals surface area contributed by atoms with Crippen molar-refractivity contribution in [1.82, 2.24) is 0 Å². The largest absolute Gasteiger partial charge is 0.393 e. The highest BCUT2D eigenvalue weighted by Gasteiger charge is 2.61. The van der Waals surface area contributed by atoms with E-state index in [0.29, 0.717) is 17.8 Å². The van der Waals surface area contributed by atoms with E-state index in [4.69, 9.17) is 4.89 Å². The fourth-order valence-electron chi connectivity index (χ4n) is 8.80. The van der Waals surface area contributed by atoms with Gasteiger partial charge in [-0.25, -0.2) is 4.89 Å². The van der Waals surface area contributed by atoms with Crippen molar-refractivity contribution < 1.29 is 20.4 Å². The summed E-state index contributed by atoms with van der Waals surface area (Å²) in [6.07, 6.45) is 13.6. The first-order valence-corrected chi connectivity index (χ1v) is 12.9. The van der Waals surface area contributed by atoms with Crippen molar-refractivity contribution in [2.75, 3.05) is 0 Å². The number of fused-ring (bicyclic) bond motifs is 5. The molecular weight excluding hydrogens is 388 g/mol. The summed E-state index contributed by atoms with van der Waals surface area (Å²) in [7, 11) is 0. The second kappa shape index (κ2) is 8.11. The minimum atomic E-state index is -0.675. The van der Waals surface area contributed by atoms with Gasteiger partial charge in [0, 0.05) is 0 Å². The van der Waals surface area contributed by atoms with Crippen LogP contribution < -0.4 is 0 Å². The Labute approximate surface area is 189 Å². The predicted octanol–water partition coefficient (Wildman–Crippen LogP) is 6.12. The number of aliphatic hydroxyl groups is 2. The van der Waals surface area contributed by atoms with E-state index in [2.05, 4.69) is 26.8 Å². The van der Waals surface area contributed by atoms with Gasteiger partial charge in [0.1, 0.15) is 5.60 Å². The van der Waals surface area contributed by atoms with Crippen LogP contribution in [0.5, 0.6) is 0 Å². The van der Waals surface area contributed by atoms with Gasteiger partial charge in [0.25, 0.3) is 0 Å². The smallest absolute Gasteiger partial charge is 0.104 e. The second-order valence-corrected chi connectivity index (χ2v) is 12.9. The Morgan fingerprint density at radius 3 is 2.45 bits per heavy atom. The Bertz CT molecular complexity index is 696. The highest BCUT2D eigenvalue weighted by atomic mass is 17.1. The quantitative estimate of drug-likeness (QED) is 0.268. The molecule has 0 aliphatic heterocycles. The maximum absolute atomic E-state index is 10.2. The van der Waals surface area contributed by atoms with Gasteiger partial charge in [0.05, 0.1) is 11.7 Å². The lowest BCUT2D eigenvalue weighted by molar-refractivity contribution is -0.343. The van der Waals surface area contributed by atoms with E-state index >= 15 is 0 Å². The molecule has 3 saturated carbocycles. The van der Waals surface area contributed by atoms with Crippen LogP contribution >= 0.6 is 0 Å². The van der Waals surface area contributed by atoms with Crippen molar-refractivity contribution in [2.24, 2.45) is 34.5 Å². The molecule has 0 heterocycles. The first-order chi connectivity index (χ1) is 14.4. The second-order valence-electron chi connectivity index (χ2n) is 12.9. The summed E-state index contributed by atoms with van der Waals surface area (Å²) >= 11 is 0. The minimum absolute atomic E-state index is 0.146. The number of hydrogen-bond acceptors (Lipinski definition) is 4. The van der Waals surface area contributed by atoms with Gasteiger partial charge in [-0.05, 0) is 126 Å². The monoisotopic (exact) mass is 434 g/mol. The molecule has 4 aliphatic rings. The first kappa shape index (κ1) is 23.7. The lowest BCUT2D eigenvalue weighted by atomic mass is 9.46. The molecule has 31 heavy (non-hydrogen) atoms. The van der Waals surface area contributed by atoms with E-state index in [1.165, 1.54) is 24.8 Å². The highest BCUT2D eigenvalue weighted by molar-refractivity contribution is 5.25. The maximum atomic E-state index is 10.2. The molecule has 0 radical (unpaired) electrons. The van der Waals surface area contributed by atoms with E-state index in [-0.39, 0.29) is 16.9 Å². The normalized spacial score (nSPS) is 44.6. The zero-order chi connectivity index (χ0) is 22.7. The van der Waals surface area contributed by atoms with E-state index < -0.39 is 11.2 Å². The molecule has 0 aromatic carbocycles. The summed E-state index contributed by atoms with van der Waals surface area (Å²) in [5.41, 5.74) is 0.775. The van der Waals surface area contributed by atoms with Gasteiger partial charge in [-0.3, -0.25) is 5.26 Å². The fraction of sp³-hybridized carbons (Fsp3) is 0.926. The van der Waals surface area contributed by atoms with E-state index in [1.807, 2.05) is 13.8 Å². The first-order valence-electron chi connectivity index (χ1n) is 12.9. The number of rotatable bonds is 6. The molecule has 4 heteroatoms. The lowest BCUT2D eigenvalue weighted by Gasteiger charge is -2.59. The Balaban J connectivity index is 1.54. The average molecular weight is 435 g/mol. The van der Waals surface area contributed by atoms with Crippen LogP contribution in [0.3, 0.4) is 0 Å². The molecule has 3 N–H and O–H groups in total. The van der Waals surface area contributed by atoms with Crippen molar-refractivity contribution >= 4 is 0 Å². The Morgan fingerprint density at radius 2 is 1.77 bits per heavy atom. The van der Waals surface area contributed by atoms with E-state index in [1.54, 1.807) is 0 Å². The molecule has 0 aromatic heterocycles. The van der Waals surface area contributed by atoms with Gasteiger partial charge < -0.3 is 10.2 Å². The molecule has 1 unspecified atom stereocenters. The van der Waals surface area contributed by atoms with E-state index in [9.17, 15) is 15.5 Å². The number of aliphatic hydroxyl groups excluding tert-OH is 1. The molecule has 178 valence electrons. The van der Waals surface area contributed by atoms with Crippen molar-refractivity contribution in [1.29, 1.82) is 0 Å². The molecule has 4 aliphatic carbocycles. The molecule has 4 rings (SSSR count). The zero-order valence-corrected chi connectivity index (χ0v) is 20.5. The average Bonchev–Trinajstić information content (AvgIpc) is 3.05. The molecule has 4 nitrogen and oxygen atoms in total. The van der Waals surface area contributed by atoms with Crippen LogP contribution in [-0.4, -0.2) is 32.8 Å². The van der Waals surface area contributed by atoms with Crippen LogP contribution in [0.4, 0.5) is 0 Å². The van der Waals surface area contributed by atoms with Crippen molar-refractivity contribution in [2.45, 2.75) is 123 Å². The summed E-state index contributed by atoms with van der Waals surface area (Å²) < 4.78 is 0. The minimum Gasteiger partial charge on any atom is -0.393 e. The van der Waals surface area contributed by atoms with Gasteiger partial charge in [-0.15, -0.1) is 0 Å². The highest BCUT2D eigenvalue weighted by Crippen LogP contribution is 2.68. The van der Waals surface area contributed by atoms with Crippen molar-refractivity contribution in [3.63, 3.8) is 0 Å². The Kier molecular flexibility index (Phi) is 6.21. The predicted molar refractivity (Wildman–Crippen MR) is 123 cm³/mol.